The second kappa shape index (κ2) is 6.68. The Morgan fingerprint density at radius 2 is 1.83 bits per heavy atom. The molecule has 0 saturated heterocycles. The third kappa shape index (κ3) is 4.00. The maximum absolute atomic E-state index is 13.6. The highest BCUT2D eigenvalue weighted by Gasteiger charge is 2.33. The number of anilines is 1. The van der Waals surface area contributed by atoms with Crippen LogP contribution in [0.25, 0.3) is 0 Å². The Kier molecular flexibility index (Phi) is 4.88. The van der Waals surface area contributed by atoms with E-state index in [9.17, 15) is 17.6 Å². The Morgan fingerprint density at radius 3 is 2.43 bits per heavy atom. The lowest BCUT2D eigenvalue weighted by molar-refractivity contribution is -0.136. The van der Waals surface area contributed by atoms with Crippen LogP contribution >= 0.6 is 0 Å². The van der Waals surface area contributed by atoms with Crippen LogP contribution in [-0.4, -0.2) is 12.8 Å². The number of methoxy groups -OCH3 is 1. The topological polar surface area (TPSA) is 33.6 Å². The van der Waals surface area contributed by atoms with Crippen molar-refractivity contribution in [2.45, 2.75) is 13.1 Å². The van der Waals surface area contributed by atoms with Crippen molar-refractivity contribution in [3.63, 3.8) is 0 Å². The summed E-state index contributed by atoms with van der Waals surface area (Å²) in [5.41, 5.74) is 2.15. The van der Waals surface area contributed by atoms with Crippen LogP contribution in [-0.2, 0) is 6.18 Å². The van der Waals surface area contributed by atoms with E-state index in [1.54, 1.807) is 13.0 Å². The Balaban J connectivity index is 2.25. The third-order valence-corrected chi connectivity index (χ3v) is 3.15. The molecule has 0 heterocycles. The molecule has 2 aromatic carbocycles. The van der Waals surface area contributed by atoms with E-state index in [1.165, 1.54) is 37.4 Å². The number of halogens is 4. The van der Waals surface area contributed by atoms with E-state index in [4.69, 9.17) is 4.74 Å². The van der Waals surface area contributed by atoms with Crippen LogP contribution in [0.5, 0.6) is 5.75 Å². The van der Waals surface area contributed by atoms with E-state index >= 15 is 0 Å². The second-order valence-corrected chi connectivity index (χ2v) is 4.70. The van der Waals surface area contributed by atoms with E-state index in [1.807, 2.05) is 0 Å². The van der Waals surface area contributed by atoms with Gasteiger partial charge in [-0.05, 0) is 37.3 Å². The molecule has 0 aromatic heterocycles. The van der Waals surface area contributed by atoms with E-state index < -0.39 is 17.6 Å². The highest BCUT2D eigenvalue weighted by molar-refractivity contribution is 5.99. The summed E-state index contributed by atoms with van der Waals surface area (Å²) >= 11 is 0. The van der Waals surface area contributed by atoms with Crippen LogP contribution in [0.3, 0.4) is 0 Å². The lowest BCUT2D eigenvalue weighted by atomic mass is 10.1. The van der Waals surface area contributed by atoms with Gasteiger partial charge in [0.1, 0.15) is 0 Å². The monoisotopic (exact) mass is 326 g/mol. The van der Waals surface area contributed by atoms with Crippen molar-refractivity contribution in [1.29, 1.82) is 0 Å². The summed E-state index contributed by atoms with van der Waals surface area (Å²) in [4.78, 5) is 0. The molecule has 0 fully saturated rings. The number of hydrazone groups is 1. The minimum absolute atomic E-state index is 0.0805. The average molecular weight is 326 g/mol. The molecule has 1 N–H and O–H groups in total. The quantitative estimate of drug-likeness (QED) is 0.502. The molecular formula is C16H14F4N2O. The Labute approximate surface area is 130 Å². The molecule has 2 aromatic rings. The number of ether oxygens (including phenoxy) is 1. The summed E-state index contributed by atoms with van der Waals surface area (Å²) < 4.78 is 57.1. The highest BCUT2D eigenvalue weighted by Crippen LogP contribution is 2.34. The van der Waals surface area contributed by atoms with Gasteiger partial charge in [-0.3, -0.25) is 5.43 Å². The minimum atomic E-state index is -4.49. The van der Waals surface area contributed by atoms with Gasteiger partial charge in [-0.25, -0.2) is 4.39 Å². The molecule has 0 aliphatic heterocycles. The molecule has 0 spiro atoms. The predicted molar refractivity (Wildman–Crippen MR) is 80.2 cm³/mol. The molecule has 0 atom stereocenters. The zero-order valence-electron chi connectivity index (χ0n) is 12.4. The normalized spacial score (nSPS) is 12.2. The first-order valence-electron chi connectivity index (χ1n) is 6.63. The fraction of sp³-hybridized carbons (Fsp3) is 0.188. The number of alkyl halides is 3. The molecule has 0 saturated carbocycles. The van der Waals surface area contributed by atoms with Crippen LogP contribution in [0.1, 0.15) is 18.1 Å². The first-order chi connectivity index (χ1) is 10.8. The van der Waals surface area contributed by atoms with Gasteiger partial charge in [0.05, 0.1) is 24.1 Å². The van der Waals surface area contributed by atoms with Crippen LogP contribution in [0.15, 0.2) is 47.6 Å². The van der Waals surface area contributed by atoms with Gasteiger partial charge in [0.2, 0.25) is 0 Å². The summed E-state index contributed by atoms with van der Waals surface area (Å²) in [6, 6.07) is 9.19. The van der Waals surface area contributed by atoms with Crippen molar-refractivity contribution >= 4 is 11.4 Å². The van der Waals surface area contributed by atoms with Crippen LogP contribution in [0.2, 0.25) is 0 Å². The standard InChI is InChI=1S/C16H14F4N2O/c1-10(11-7-8-15(23-2)13(17)9-11)21-22-14-6-4-3-5-12(14)16(18,19)20/h3-9,22H,1-2H3/b21-10-. The third-order valence-electron chi connectivity index (χ3n) is 3.15. The Hall–Kier alpha value is -2.57. The number of rotatable bonds is 4. The molecule has 0 unspecified atom stereocenters. The smallest absolute Gasteiger partial charge is 0.418 e. The van der Waals surface area contributed by atoms with E-state index in [-0.39, 0.29) is 11.4 Å². The summed E-state index contributed by atoms with van der Waals surface area (Å²) in [5, 5.41) is 3.89. The molecule has 0 aliphatic carbocycles. The summed E-state index contributed by atoms with van der Waals surface area (Å²) in [7, 11) is 1.34. The largest absolute Gasteiger partial charge is 0.494 e. The van der Waals surface area contributed by atoms with Crippen LogP contribution in [0, 0.1) is 5.82 Å². The van der Waals surface area contributed by atoms with Gasteiger partial charge in [-0.15, -0.1) is 0 Å². The van der Waals surface area contributed by atoms with Crippen molar-refractivity contribution in [2.75, 3.05) is 12.5 Å². The van der Waals surface area contributed by atoms with Crippen molar-refractivity contribution in [3.05, 3.63) is 59.4 Å². The van der Waals surface area contributed by atoms with Gasteiger partial charge in [-0.1, -0.05) is 12.1 Å². The lowest BCUT2D eigenvalue weighted by Gasteiger charge is -2.12. The van der Waals surface area contributed by atoms with Crippen LogP contribution < -0.4 is 10.2 Å². The second-order valence-electron chi connectivity index (χ2n) is 4.70. The first-order valence-corrected chi connectivity index (χ1v) is 6.63. The zero-order chi connectivity index (χ0) is 17.0. The molecule has 0 radical (unpaired) electrons. The number of para-hydroxylation sites is 1. The molecule has 3 nitrogen and oxygen atoms in total. The fourth-order valence-corrected chi connectivity index (χ4v) is 1.93. The predicted octanol–water partition coefficient (Wildman–Crippen LogP) is 4.69. The molecule has 0 aliphatic rings. The summed E-state index contributed by atoms with van der Waals surface area (Å²) in [6.07, 6.45) is -4.49. The maximum Gasteiger partial charge on any atom is 0.418 e. The van der Waals surface area contributed by atoms with Crippen LogP contribution in [0.4, 0.5) is 23.2 Å². The Morgan fingerprint density at radius 1 is 1.13 bits per heavy atom. The summed E-state index contributed by atoms with van der Waals surface area (Å²) in [5.74, 6) is -0.493. The van der Waals surface area contributed by atoms with E-state index in [0.717, 1.165) is 6.07 Å². The average Bonchev–Trinajstić information content (AvgIpc) is 2.52. The Bertz CT molecular complexity index is 726. The number of nitrogens with one attached hydrogen (secondary N) is 1. The fourth-order valence-electron chi connectivity index (χ4n) is 1.93. The summed E-state index contributed by atoms with van der Waals surface area (Å²) in [6.45, 7) is 1.56. The molecule has 122 valence electrons. The van der Waals surface area contributed by atoms with E-state index in [2.05, 4.69) is 10.5 Å². The van der Waals surface area contributed by atoms with Gasteiger partial charge in [0.25, 0.3) is 0 Å². The van der Waals surface area contributed by atoms with Gasteiger partial charge < -0.3 is 4.74 Å². The van der Waals surface area contributed by atoms with Crippen molar-refractivity contribution < 1.29 is 22.3 Å². The van der Waals surface area contributed by atoms with Gasteiger partial charge >= 0.3 is 6.18 Å². The van der Waals surface area contributed by atoms with Crippen molar-refractivity contribution in [1.82, 2.24) is 0 Å². The highest BCUT2D eigenvalue weighted by atomic mass is 19.4. The van der Waals surface area contributed by atoms with E-state index in [0.29, 0.717) is 11.3 Å². The molecular weight excluding hydrogens is 312 g/mol. The SMILES string of the molecule is COc1ccc(/C(C)=N\Nc2ccccc2C(F)(F)F)cc1F. The molecule has 7 heteroatoms. The molecule has 2 rings (SSSR count). The molecule has 0 amide bonds. The first kappa shape index (κ1) is 16.8. The molecule has 23 heavy (non-hydrogen) atoms. The van der Waals surface area contributed by atoms with Gasteiger partial charge in [0.15, 0.2) is 11.6 Å². The molecule has 0 bridgehead atoms. The maximum atomic E-state index is 13.6. The number of nitrogens with zero attached hydrogens (tertiary/aromatic N) is 1. The lowest BCUT2D eigenvalue weighted by Crippen LogP contribution is -2.09. The van der Waals surface area contributed by atoms with Gasteiger partial charge in [-0.2, -0.15) is 18.3 Å². The number of benzene rings is 2. The number of hydrogen-bond donors (Lipinski definition) is 1. The van der Waals surface area contributed by atoms with Crippen molar-refractivity contribution in [3.8, 4) is 5.75 Å². The number of hydrogen-bond acceptors (Lipinski definition) is 3. The zero-order valence-corrected chi connectivity index (χ0v) is 12.4. The van der Waals surface area contributed by atoms with Gasteiger partial charge in [0, 0.05) is 5.56 Å². The van der Waals surface area contributed by atoms with Crippen molar-refractivity contribution in [2.24, 2.45) is 5.10 Å². The minimum Gasteiger partial charge on any atom is -0.494 e.